The predicted octanol–water partition coefficient (Wildman–Crippen LogP) is 2.32. The van der Waals surface area contributed by atoms with Crippen LogP contribution in [0.3, 0.4) is 0 Å². The highest BCUT2D eigenvalue weighted by Gasteiger charge is 2.18. The number of rotatable bonds is 5. The Morgan fingerprint density at radius 2 is 1.84 bits per heavy atom. The van der Waals surface area contributed by atoms with E-state index in [1.807, 2.05) is 24.7 Å². The molecule has 0 saturated carbocycles. The van der Waals surface area contributed by atoms with Crippen LogP contribution in [0.25, 0.3) is 0 Å². The minimum absolute atomic E-state index is 0.0663. The molecule has 0 spiro atoms. The van der Waals surface area contributed by atoms with Crippen LogP contribution < -0.4 is 11.1 Å². The zero-order valence-electron chi connectivity index (χ0n) is 11.4. The standard InChI is InChI=1S/C15H20N4/c1-3-11-9-17-7-5-12(11)15(19-4-2)13-10-18-8-6-14(13)16/h5-10,15,19H,3-4H2,1-2H3,(H2,16,18). The SMILES string of the molecule is CCNC(c1cnccc1N)c1ccncc1CC. The van der Waals surface area contributed by atoms with Crippen molar-refractivity contribution in [3.63, 3.8) is 0 Å². The molecule has 0 aromatic carbocycles. The van der Waals surface area contributed by atoms with E-state index in [0.717, 1.165) is 24.2 Å². The summed E-state index contributed by atoms with van der Waals surface area (Å²) in [6, 6.07) is 3.96. The fourth-order valence-corrected chi connectivity index (χ4v) is 2.27. The first-order valence-electron chi connectivity index (χ1n) is 6.63. The number of aryl methyl sites for hydroxylation is 1. The first-order valence-corrected chi connectivity index (χ1v) is 6.63. The summed E-state index contributed by atoms with van der Waals surface area (Å²) in [5.74, 6) is 0. The lowest BCUT2D eigenvalue weighted by atomic mass is 9.95. The van der Waals surface area contributed by atoms with Gasteiger partial charge in [0.05, 0.1) is 6.04 Å². The third-order valence-corrected chi connectivity index (χ3v) is 3.24. The molecule has 0 aliphatic rings. The molecule has 2 aromatic heterocycles. The number of nitrogens with two attached hydrogens (primary N) is 1. The summed E-state index contributed by atoms with van der Waals surface area (Å²) in [6.07, 6.45) is 8.25. The Kier molecular flexibility index (Phi) is 4.47. The number of nitrogens with one attached hydrogen (secondary N) is 1. The first kappa shape index (κ1) is 13.5. The van der Waals surface area contributed by atoms with Gasteiger partial charge in [0.2, 0.25) is 0 Å². The normalized spacial score (nSPS) is 12.3. The second kappa shape index (κ2) is 6.29. The van der Waals surface area contributed by atoms with Gasteiger partial charge < -0.3 is 11.1 Å². The van der Waals surface area contributed by atoms with Crippen LogP contribution >= 0.6 is 0 Å². The third-order valence-electron chi connectivity index (χ3n) is 3.24. The summed E-state index contributed by atoms with van der Waals surface area (Å²) >= 11 is 0. The highest BCUT2D eigenvalue weighted by Crippen LogP contribution is 2.28. The minimum atomic E-state index is 0.0663. The van der Waals surface area contributed by atoms with E-state index in [2.05, 4.69) is 35.2 Å². The van der Waals surface area contributed by atoms with Crippen molar-refractivity contribution in [1.29, 1.82) is 0 Å². The maximum absolute atomic E-state index is 6.08. The lowest BCUT2D eigenvalue weighted by molar-refractivity contribution is 0.624. The highest BCUT2D eigenvalue weighted by atomic mass is 14.9. The molecule has 0 amide bonds. The van der Waals surface area contributed by atoms with Crippen molar-refractivity contribution in [3.05, 3.63) is 53.6 Å². The van der Waals surface area contributed by atoms with Crippen LogP contribution in [0.5, 0.6) is 0 Å². The zero-order valence-corrected chi connectivity index (χ0v) is 11.4. The molecule has 1 atom stereocenters. The molecule has 0 radical (unpaired) electrons. The van der Waals surface area contributed by atoms with E-state index in [0.29, 0.717) is 0 Å². The van der Waals surface area contributed by atoms with E-state index in [9.17, 15) is 0 Å². The van der Waals surface area contributed by atoms with Crippen LogP contribution in [-0.4, -0.2) is 16.5 Å². The average Bonchev–Trinajstić information content (AvgIpc) is 2.46. The van der Waals surface area contributed by atoms with Crippen molar-refractivity contribution in [3.8, 4) is 0 Å². The molecule has 3 N–H and O–H groups in total. The number of anilines is 1. The van der Waals surface area contributed by atoms with Gasteiger partial charge in [-0.25, -0.2) is 0 Å². The summed E-state index contributed by atoms with van der Waals surface area (Å²) in [5, 5.41) is 3.48. The molecular formula is C15H20N4. The molecule has 4 nitrogen and oxygen atoms in total. The maximum Gasteiger partial charge on any atom is 0.0616 e. The Balaban J connectivity index is 2.49. The third kappa shape index (κ3) is 2.90. The van der Waals surface area contributed by atoms with Gasteiger partial charge in [-0.2, -0.15) is 0 Å². The second-order valence-electron chi connectivity index (χ2n) is 4.42. The summed E-state index contributed by atoms with van der Waals surface area (Å²) in [5.41, 5.74) is 10.3. The molecule has 2 rings (SSSR count). The molecule has 19 heavy (non-hydrogen) atoms. The topological polar surface area (TPSA) is 63.8 Å². The van der Waals surface area contributed by atoms with Crippen molar-refractivity contribution in [1.82, 2.24) is 15.3 Å². The van der Waals surface area contributed by atoms with E-state index in [-0.39, 0.29) is 6.04 Å². The number of nitrogens with zero attached hydrogens (tertiary/aromatic N) is 2. The van der Waals surface area contributed by atoms with Gasteiger partial charge in [0, 0.05) is 36.0 Å². The smallest absolute Gasteiger partial charge is 0.0616 e. The van der Waals surface area contributed by atoms with Gasteiger partial charge in [0.15, 0.2) is 0 Å². The summed E-state index contributed by atoms with van der Waals surface area (Å²) in [6.45, 7) is 5.09. The average molecular weight is 256 g/mol. The minimum Gasteiger partial charge on any atom is -0.398 e. The predicted molar refractivity (Wildman–Crippen MR) is 77.8 cm³/mol. The molecule has 4 heteroatoms. The fraction of sp³-hybridized carbons (Fsp3) is 0.333. The molecule has 0 saturated heterocycles. The fourth-order valence-electron chi connectivity index (χ4n) is 2.27. The monoisotopic (exact) mass is 256 g/mol. The molecule has 0 aliphatic carbocycles. The van der Waals surface area contributed by atoms with Gasteiger partial charge in [-0.3, -0.25) is 9.97 Å². The first-order chi connectivity index (χ1) is 9.27. The van der Waals surface area contributed by atoms with E-state index in [1.165, 1.54) is 11.1 Å². The quantitative estimate of drug-likeness (QED) is 0.861. The molecule has 2 heterocycles. The van der Waals surface area contributed by atoms with Crippen LogP contribution in [-0.2, 0) is 6.42 Å². The van der Waals surface area contributed by atoms with Gasteiger partial charge in [-0.05, 0) is 36.2 Å². The van der Waals surface area contributed by atoms with Crippen LogP contribution in [0.15, 0.2) is 36.9 Å². The number of aromatic nitrogens is 2. The number of hydrogen-bond donors (Lipinski definition) is 2. The van der Waals surface area contributed by atoms with Crippen molar-refractivity contribution in [2.45, 2.75) is 26.3 Å². The van der Waals surface area contributed by atoms with Crippen molar-refractivity contribution < 1.29 is 0 Å². The van der Waals surface area contributed by atoms with Crippen molar-refractivity contribution >= 4 is 5.69 Å². The van der Waals surface area contributed by atoms with Crippen LogP contribution in [0.1, 0.15) is 36.6 Å². The summed E-state index contributed by atoms with van der Waals surface area (Å²) in [7, 11) is 0. The molecule has 100 valence electrons. The molecule has 1 unspecified atom stereocenters. The van der Waals surface area contributed by atoms with Crippen LogP contribution in [0.2, 0.25) is 0 Å². The van der Waals surface area contributed by atoms with E-state index in [1.54, 1.807) is 6.20 Å². The molecule has 0 bridgehead atoms. The lowest BCUT2D eigenvalue weighted by Crippen LogP contribution is -2.24. The van der Waals surface area contributed by atoms with Crippen LogP contribution in [0, 0.1) is 0 Å². The Morgan fingerprint density at radius 3 is 2.53 bits per heavy atom. The van der Waals surface area contributed by atoms with Gasteiger partial charge >= 0.3 is 0 Å². The maximum atomic E-state index is 6.08. The van der Waals surface area contributed by atoms with Crippen molar-refractivity contribution in [2.24, 2.45) is 0 Å². The molecule has 2 aromatic rings. The van der Waals surface area contributed by atoms with Crippen LogP contribution in [0.4, 0.5) is 5.69 Å². The van der Waals surface area contributed by atoms with Crippen molar-refractivity contribution in [2.75, 3.05) is 12.3 Å². The second-order valence-corrected chi connectivity index (χ2v) is 4.42. The number of nitrogen functional groups attached to an aromatic ring is 1. The van der Waals surface area contributed by atoms with Gasteiger partial charge in [0.1, 0.15) is 0 Å². The van der Waals surface area contributed by atoms with E-state index in [4.69, 9.17) is 5.73 Å². The Bertz CT molecular complexity index is 539. The molecular weight excluding hydrogens is 236 g/mol. The van der Waals surface area contributed by atoms with Gasteiger partial charge in [0.25, 0.3) is 0 Å². The van der Waals surface area contributed by atoms with E-state index < -0.39 is 0 Å². The number of hydrogen-bond acceptors (Lipinski definition) is 4. The lowest BCUT2D eigenvalue weighted by Gasteiger charge is -2.22. The Hall–Kier alpha value is -1.94. The highest BCUT2D eigenvalue weighted by molar-refractivity contribution is 5.50. The Labute approximate surface area is 114 Å². The molecule has 0 aliphatic heterocycles. The largest absolute Gasteiger partial charge is 0.398 e. The summed E-state index contributed by atoms with van der Waals surface area (Å²) < 4.78 is 0. The number of pyridine rings is 2. The van der Waals surface area contributed by atoms with E-state index >= 15 is 0 Å². The summed E-state index contributed by atoms with van der Waals surface area (Å²) in [4.78, 5) is 8.39. The van der Waals surface area contributed by atoms with Gasteiger partial charge in [-0.15, -0.1) is 0 Å². The molecule has 0 fully saturated rings. The van der Waals surface area contributed by atoms with Gasteiger partial charge in [-0.1, -0.05) is 13.8 Å². The Morgan fingerprint density at radius 1 is 1.11 bits per heavy atom. The zero-order chi connectivity index (χ0) is 13.7.